The van der Waals surface area contributed by atoms with E-state index in [2.05, 4.69) is 27.3 Å². The predicted octanol–water partition coefficient (Wildman–Crippen LogP) is 2.44. The van der Waals surface area contributed by atoms with Crippen molar-refractivity contribution < 1.29 is 4.42 Å². The maximum absolute atomic E-state index is 5.84. The van der Waals surface area contributed by atoms with Gasteiger partial charge in [0.2, 0.25) is 5.89 Å². The van der Waals surface area contributed by atoms with Gasteiger partial charge in [-0.3, -0.25) is 4.98 Å². The van der Waals surface area contributed by atoms with E-state index in [0.717, 1.165) is 24.0 Å². The van der Waals surface area contributed by atoms with Crippen LogP contribution in [0.5, 0.6) is 0 Å². The van der Waals surface area contributed by atoms with E-state index >= 15 is 0 Å². The molecule has 0 radical (unpaired) electrons. The van der Waals surface area contributed by atoms with Gasteiger partial charge in [0, 0.05) is 12.4 Å². The first-order valence-electron chi connectivity index (χ1n) is 6.76. The van der Waals surface area contributed by atoms with E-state index in [1.807, 2.05) is 13.1 Å². The largest absolute Gasteiger partial charge is 0.439 e. The highest BCUT2D eigenvalue weighted by molar-refractivity contribution is 5.75. The molecule has 0 aromatic carbocycles. The molecular formula is C14H17N5O. The van der Waals surface area contributed by atoms with Gasteiger partial charge in [-0.05, 0) is 19.9 Å². The van der Waals surface area contributed by atoms with E-state index in [1.165, 1.54) is 0 Å². The second-order valence-electron chi connectivity index (χ2n) is 4.70. The Bertz CT molecular complexity index is 702. The quantitative estimate of drug-likeness (QED) is 0.772. The Balaban J connectivity index is 1.90. The standard InChI is InChI=1S/C14H17N5O/c1-3-4-16-10(2)14-17-9-13(20-14)11-7-18-19-6-5-15-8-12(11)19/h5-10,16H,3-4H2,1-2H3. The zero-order valence-electron chi connectivity index (χ0n) is 11.6. The minimum absolute atomic E-state index is 0.101. The third-order valence-corrected chi connectivity index (χ3v) is 3.18. The van der Waals surface area contributed by atoms with Gasteiger partial charge >= 0.3 is 0 Å². The molecule has 3 aromatic rings. The highest BCUT2D eigenvalue weighted by atomic mass is 16.4. The van der Waals surface area contributed by atoms with Crippen molar-refractivity contribution in [1.29, 1.82) is 0 Å². The van der Waals surface area contributed by atoms with Crippen LogP contribution in [0.2, 0.25) is 0 Å². The molecule has 1 N–H and O–H groups in total. The summed E-state index contributed by atoms with van der Waals surface area (Å²) >= 11 is 0. The number of oxazole rings is 1. The molecule has 0 aliphatic carbocycles. The minimum Gasteiger partial charge on any atom is -0.439 e. The van der Waals surface area contributed by atoms with E-state index in [-0.39, 0.29) is 6.04 Å². The zero-order chi connectivity index (χ0) is 13.9. The summed E-state index contributed by atoms with van der Waals surface area (Å²) in [6.07, 6.45) is 9.86. The van der Waals surface area contributed by atoms with Crippen molar-refractivity contribution >= 4 is 5.52 Å². The summed E-state index contributed by atoms with van der Waals surface area (Å²) in [5.41, 5.74) is 1.81. The second kappa shape index (κ2) is 5.42. The van der Waals surface area contributed by atoms with Crippen molar-refractivity contribution in [2.45, 2.75) is 26.3 Å². The van der Waals surface area contributed by atoms with E-state index < -0.39 is 0 Å². The van der Waals surface area contributed by atoms with Crippen molar-refractivity contribution in [2.24, 2.45) is 0 Å². The molecule has 0 saturated carbocycles. The third-order valence-electron chi connectivity index (χ3n) is 3.18. The normalized spacial score (nSPS) is 12.9. The smallest absolute Gasteiger partial charge is 0.211 e. The van der Waals surface area contributed by atoms with E-state index in [9.17, 15) is 0 Å². The topological polar surface area (TPSA) is 68.2 Å². The lowest BCUT2D eigenvalue weighted by molar-refractivity contribution is 0.423. The Kier molecular flexibility index (Phi) is 3.47. The number of nitrogens with one attached hydrogen (secondary N) is 1. The van der Waals surface area contributed by atoms with Gasteiger partial charge in [0.05, 0.1) is 35.7 Å². The SMILES string of the molecule is CCCNC(C)c1ncc(-c2cnn3ccncc23)o1. The molecule has 0 amide bonds. The van der Waals surface area contributed by atoms with Crippen LogP contribution in [-0.4, -0.2) is 26.1 Å². The van der Waals surface area contributed by atoms with Crippen LogP contribution in [0.3, 0.4) is 0 Å². The molecule has 0 spiro atoms. The Morgan fingerprint density at radius 3 is 3.10 bits per heavy atom. The second-order valence-corrected chi connectivity index (χ2v) is 4.70. The number of rotatable bonds is 5. The summed E-state index contributed by atoms with van der Waals surface area (Å²) in [5.74, 6) is 1.41. The molecule has 3 heterocycles. The molecule has 6 heteroatoms. The van der Waals surface area contributed by atoms with Crippen molar-refractivity contribution in [1.82, 2.24) is 24.9 Å². The van der Waals surface area contributed by atoms with E-state index in [0.29, 0.717) is 11.7 Å². The van der Waals surface area contributed by atoms with Crippen molar-refractivity contribution in [2.75, 3.05) is 6.54 Å². The van der Waals surface area contributed by atoms with Crippen LogP contribution >= 0.6 is 0 Å². The minimum atomic E-state index is 0.101. The highest BCUT2D eigenvalue weighted by Gasteiger charge is 2.15. The summed E-state index contributed by atoms with van der Waals surface area (Å²) in [7, 11) is 0. The van der Waals surface area contributed by atoms with Crippen LogP contribution in [0.15, 0.2) is 35.4 Å². The third kappa shape index (κ3) is 2.30. The molecule has 3 aromatic heterocycles. The van der Waals surface area contributed by atoms with Crippen molar-refractivity contribution in [3.05, 3.63) is 36.9 Å². The molecule has 0 aliphatic heterocycles. The monoisotopic (exact) mass is 271 g/mol. The van der Waals surface area contributed by atoms with Gasteiger partial charge in [-0.2, -0.15) is 5.10 Å². The predicted molar refractivity (Wildman–Crippen MR) is 75.2 cm³/mol. The fourth-order valence-electron chi connectivity index (χ4n) is 2.08. The van der Waals surface area contributed by atoms with E-state index in [1.54, 1.807) is 29.3 Å². The van der Waals surface area contributed by atoms with Crippen LogP contribution in [0.1, 0.15) is 32.2 Å². The summed E-state index contributed by atoms with van der Waals surface area (Å²) in [6.45, 7) is 5.12. The first kappa shape index (κ1) is 12.8. The Labute approximate surface area is 116 Å². The molecule has 0 bridgehead atoms. The van der Waals surface area contributed by atoms with Gasteiger partial charge < -0.3 is 9.73 Å². The Hall–Kier alpha value is -2.21. The maximum Gasteiger partial charge on any atom is 0.211 e. The van der Waals surface area contributed by atoms with Crippen LogP contribution in [0, 0.1) is 0 Å². The number of hydrogen-bond donors (Lipinski definition) is 1. The Morgan fingerprint density at radius 2 is 2.25 bits per heavy atom. The lowest BCUT2D eigenvalue weighted by Gasteiger charge is -2.08. The van der Waals surface area contributed by atoms with Gasteiger partial charge in [0.25, 0.3) is 0 Å². The number of aromatic nitrogens is 4. The van der Waals surface area contributed by atoms with Gasteiger partial charge in [-0.25, -0.2) is 9.50 Å². The maximum atomic E-state index is 5.84. The number of nitrogens with zero attached hydrogens (tertiary/aromatic N) is 4. The highest BCUT2D eigenvalue weighted by Crippen LogP contribution is 2.26. The first-order chi connectivity index (χ1) is 9.79. The Morgan fingerprint density at radius 1 is 1.35 bits per heavy atom. The van der Waals surface area contributed by atoms with Gasteiger partial charge in [0.15, 0.2) is 5.76 Å². The van der Waals surface area contributed by atoms with Crippen LogP contribution in [-0.2, 0) is 0 Å². The molecule has 3 rings (SSSR count). The summed E-state index contributed by atoms with van der Waals surface area (Å²) in [5, 5.41) is 7.63. The molecule has 0 fully saturated rings. The molecule has 6 nitrogen and oxygen atoms in total. The number of fused-ring (bicyclic) bond motifs is 1. The molecule has 0 aliphatic rings. The lowest BCUT2D eigenvalue weighted by Crippen LogP contribution is -2.19. The molecule has 1 unspecified atom stereocenters. The lowest BCUT2D eigenvalue weighted by atomic mass is 10.2. The summed E-state index contributed by atoms with van der Waals surface area (Å²) < 4.78 is 7.61. The molecule has 20 heavy (non-hydrogen) atoms. The van der Waals surface area contributed by atoms with Crippen molar-refractivity contribution in [3.8, 4) is 11.3 Å². The summed E-state index contributed by atoms with van der Waals surface area (Å²) in [4.78, 5) is 8.46. The average molecular weight is 271 g/mol. The molecule has 104 valence electrons. The van der Waals surface area contributed by atoms with Gasteiger partial charge in [-0.1, -0.05) is 6.92 Å². The van der Waals surface area contributed by atoms with Crippen LogP contribution in [0.4, 0.5) is 0 Å². The van der Waals surface area contributed by atoms with Crippen molar-refractivity contribution in [3.63, 3.8) is 0 Å². The fraction of sp³-hybridized carbons (Fsp3) is 0.357. The first-order valence-corrected chi connectivity index (χ1v) is 6.76. The molecule has 1 atom stereocenters. The van der Waals surface area contributed by atoms with Gasteiger partial charge in [-0.15, -0.1) is 0 Å². The number of hydrogen-bond acceptors (Lipinski definition) is 5. The van der Waals surface area contributed by atoms with Gasteiger partial charge in [0.1, 0.15) is 0 Å². The van der Waals surface area contributed by atoms with Crippen LogP contribution < -0.4 is 5.32 Å². The zero-order valence-corrected chi connectivity index (χ0v) is 11.6. The molecular weight excluding hydrogens is 254 g/mol. The fourth-order valence-corrected chi connectivity index (χ4v) is 2.08. The average Bonchev–Trinajstić information content (AvgIpc) is 3.10. The van der Waals surface area contributed by atoms with Crippen LogP contribution in [0.25, 0.3) is 16.8 Å². The summed E-state index contributed by atoms with van der Waals surface area (Å²) in [6, 6.07) is 0.101. The van der Waals surface area contributed by atoms with E-state index in [4.69, 9.17) is 4.42 Å². The molecule has 0 saturated heterocycles.